The fourth-order valence-electron chi connectivity index (χ4n) is 1.78. The van der Waals surface area contributed by atoms with Crippen LogP contribution in [0, 0.1) is 21.7 Å². The summed E-state index contributed by atoms with van der Waals surface area (Å²) >= 11 is 3.09. The molecule has 2 aromatic carbocycles. The molecule has 0 unspecified atom stereocenters. The number of hydrogen-bond donors (Lipinski definition) is 0. The Morgan fingerprint density at radius 3 is 2.48 bits per heavy atom. The number of nitro groups is 1. The van der Waals surface area contributed by atoms with Crippen molar-refractivity contribution < 1.29 is 18.5 Å². The minimum atomic E-state index is -1.04. The first-order valence-corrected chi connectivity index (χ1v) is 6.58. The fourth-order valence-corrected chi connectivity index (χ4v) is 2.26. The van der Waals surface area contributed by atoms with Crippen molar-refractivity contribution in [3.8, 4) is 0 Å². The lowest BCUT2D eigenvalue weighted by Crippen LogP contribution is -2.05. The summed E-state index contributed by atoms with van der Waals surface area (Å²) in [6.45, 7) is 0. The summed E-state index contributed by atoms with van der Waals surface area (Å²) in [5.41, 5.74) is 0.195. The predicted octanol–water partition coefficient (Wildman–Crippen LogP) is 4.06. The molecule has 108 valence electrons. The van der Waals surface area contributed by atoms with E-state index in [0.29, 0.717) is 10.0 Å². The normalized spacial score (nSPS) is 10.4. The first-order chi connectivity index (χ1) is 9.86. The molecule has 4 nitrogen and oxygen atoms in total. The number of carbonyl (C=O) groups is 1. The number of rotatable bonds is 4. The second-order valence-electron chi connectivity index (χ2n) is 4.30. The zero-order valence-corrected chi connectivity index (χ0v) is 12.1. The van der Waals surface area contributed by atoms with Gasteiger partial charge in [-0.1, -0.05) is 22.0 Å². The van der Waals surface area contributed by atoms with E-state index in [9.17, 15) is 23.7 Å². The molecular formula is C14H8BrF2NO3. The zero-order chi connectivity index (χ0) is 15.6. The van der Waals surface area contributed by atoms with Gasteiger partial charge in [-0.15, -0.1) is 0 Å². The van der Waals surface area contributed by atoms with Crippen LogP contribution in [0.25, 0.3) is 0 Å². The van der Waals surface area contributed by atoms with E-state index >= 15 is 0 Å². The number of halogens is 3. The lowest BCUT2D eigenvalue weighted by Gasteiger charge is -2.03. The van der Waals surface area contributed by atoms with E-state index in [1.54, 1.807) is 0 Å². The van der Waals surface area contributed by atoms with Crippen molar-refractivity contribution in [3.05, 3.63) is 73.7 Å². The molecule has 21 heavy (non-hydrogen) atoms. The Bertz CT molecular complexity index is 734. The van der Waals surface area contributed by atoms with Gasteiger partial charge in [-0.25, -0.2) is 8.78 Å². The van der Waals surface area contributed by atoms with Gasteiger partial charge in [0.2, 0.25) is 0 Å². The molecular weight excluding hydrogens is 348 g/mol. The van der Waals surface area contributed by atoms with Crippen molar-refractivity contribution in [3.63, 3.8) is 0 Å². The van der Waals surface area contributed by atoms with E-state index in [0.717, 1.165) is 18.2 Å². The molecule has 0 fully saturated rings. The smallest absolute Gasteiger partial charge is 0.271 e. The van der Waals surface area contributed by atoms with Gasteiger partial charge in [0.15, 0.2) is 17.4 Å². The van der Waals surface area contributed by atoms with Gasteiger partial charge in [0, 0.05) is 28.6 Å². The second-order valence-corrected chi connectivity index (χ2v) is 5.22. The fraction of sp³-hybridized carbons (Fsp3) is 0.0714. The summed E-state index contributed by atoms with van der Waals surface area (Å²) in [7, 11) is 0. The van der Waals surface area contributed by atoms with Gasteiger partial charge in [0.1, 0.15) is 0 Å². The van der Waals surface area contributed by atoms with Crippen molar-refractivity contribution in [1.29, 1.82) is 0 Å². The van der Waals surface area contributed by atoms with Gasteiger partial charge in [-0.2, -0.15) is 0 Å². The Hall–Kier alpha value is -2.15. The molecule has 0 spiro atoms. The molecule has 0 saturated heterocycles. The highest BCUT2D eigenvalue weighted by atomic mass is 79.9. The maximum Gasteiger partial charge on any atom is 0.271 e. The van der Waals surface area contributed by atoms with Crippen LogP contribution in [0.4, 0.5) is 14.5 Å². The SMILES string of the molecule is O=C(Cc1ccc(F)c(F)c1)c1cc(Br)cc([N+](=O)[O-])c1. The molecule has 0 aromatic heterocycles. The number of ketones is 1. The second kappa shape index (κ2) is 6.09. The largest absolute Gasteiger partial charge is 0.294 e. The maximum absolute atomic E-state index is 13.1. The van der Waals surface area contributed by atoms with Gasteiger partial charge in [-0.3, -0.25) is 14.9 Å². The van der Waals surface area contributed by atoms with Gasteiger partial charge in [-0.05, 0) is 23.8 Å². The summed E-state index contributed by atoms with van der Waals surface area (Å²) in [6.07, 6.45) is -0.176. The topological polar surface area (TPSA) is 60.2 Å². The Morgan fingerprint density at radius 2 is 1.86 bits per heavy atom. The summed E-state index contributed by atoms with van der Waals surface area (Å²) in [4.78, 5) is 22.2. The Kier molecular flexibility index (Phi) is 4.42. The number of nitro benzene ring substituents is 1. The number of benzene rings is 2. The number of nitrogens with zero attached hydrogens (tertiary/aromatic N) is 1. The number of hydrogen-bond acceptors (Lipinski definition) is 3. The number of carbonyl (C=O) groups excluding carboxylic acids is 1. The van der Waals surface area contributed by atoms with Gasteiger partial charge in [0.05, 0.1) is 4.92 Å². The van der Waals surface area contributed by atoms with E-state index in [1.165, 1.54) is 18.2 Å². The lowest BCUT2D eigenvalue weighted by molar-refractivity contribution is -0.385. The molecule has 0 amide bonds. The molecule has 0 saturated carbocycles. The van der Waals surface area contributed by atoms with Crippen LogP contribution < -0.4 is 0 Å². The van der Waals surface area contributed by atoms with Crippen molar-refractivity contribution in [1.82, 2.24) is 0 Å². The highest BCUT2D eigenvalue weighted by molar-refractivity contribution is 9.10. The molecule has 7 heteroatoms. The summed E-state index contributed by atoms with van der Waals surface area (Å²) in [6, 6.07) is 7.01. The van der Waals surface area contributed by atoms with Crippen LogP contribution in [0.5, 0.6) is 0 Å². The van der Waals surface area contributed by atoms with Crippen LogP contribution in [-0.2, 0) is 6.42 Å². The molecule has 0 bridgehead atoms. The molecule has 0 radical (unpaired) electrons. The van der Waals surface area contributed by atoms with Crippen LogP contribution in [0.2, 0.25) is 0 Å². The Labute approximate surface area is 126 Å². The number of non-ortho nitro benzene ring substituents is 1. The molecule has 2 rings (SSSR count). The zero-order valence-electron chi connectivity index (χ0n) is 10.5. The van der Waals surface area contributed by atoms with Crippen molar-refractivity contribution in [2.24, 2.45) is 0 Å². The molecule has 2 aromatic rings. The van der Waals surface area contributed by atoms with Crippen molar-refractivity contribution >= 4 is 27.4 Å². The van der Waals surface area contributed by atoms with Crippen LogP contribution >= 0.6 is 15.9 Å². The highest BCUT2D eigenvalue weighted by Gasteiger charge is 2.15. The third-order valence-electron chi connectivity index (χ3n) is 2.76. The average Bonchev–Trinajstić information content (AvgIpc) is 2.42. The van der Waals surface area contributed by atoms with Crippen molar-refractivity contribution in [2.75, 3.05) is 0 Å². The lowest BCUT2D eigenvalue weighted by atomic mass is 10.0. The van der Waals surface area contributed by atoms with Gasteiger partial charge < -0.3 is 0 Å². The maximum atomic E-state index is 13.1. The number of Topliss-reactive ketones (excluding diaryl/α,β-unsaturated/α-hetero) is 1. The summed E-state index contributed by atoms with van der Waals surface area (Å²) in [5.74, 6) is -2.46. The van der Waals surface area contributed by atoms with E-state index < -0.39 is 22.3 Å². The standard InChI is InChI=1S/C14H8BrF2NO3/c15-10-5-9(6-11(7-10)18(20)21)14(19)4-8-1-2-12(16)13(17)3-8/h1-3,5-7H,4H2. The average molecular weight is 356 g/mol. The third-order valence-corrected chi connectivity index (χ3v) is 3.22. The summed E-state index contributed by atoms with van der Waals surface area (Å²) in [5, 5.41) is 10.8. The minimum absolute atomic E-state index is 0.126. The summed E-state index contributed by atoms with van der Waals surface area (Å²) < 4.78 is 26.3. The monoisotopic (exact) mass is 355 g/mol. The van der Waals surface area contributed by atoms with Crippen LogP contribution in [0.15, 0.2) is 40.9 Å². The Morgan fingerprint density at radius 1 is 1.14 bits per heavy atom. The van der Waals surface area contributed by atoms with Crippen LogP contribution in [0.3, 0.4) is 0 Å². The van der Waals surface area contributed by atoms with E-state index in [1.807, 2.05) is 0 Å². The highest BCUT2D eigenvalue weighted by Crippen LogP contribution is 2.22. The van der Waals surface area contributed by atoms with E-state index in [-0.39, 0.29) is 17.7 Å². The van der Waals surface area contributed by atoms with Gasteiger partial charge in [0.25, 0.3) is 5.69 Å². The molecule has 0 heterocycles. The first kappa shape index (κ1) is 15.2. The molecule has 0 aliphatic rings. The van der Waals surface area contributed by atoms with Gasteiger partial charge >= 0.3 is 0 Å². The minimum Gasteiger partial charge on any atom is -0.294 e. The molecule has 0 N–H and O–H groups in total. The Balaban J connectivity index is 2.27. The molecule has 0 aliphatic heterocycles. The van der Waals surface area contributed by atoms with Crippen LogP contribution in [-0.4, -0.2) is 10.7 Å². The van der Waals surface area contributed by atoms with Crippen LogP contribution in [0.1, 0.15) is 15.9 Å². The van der Waals surface area contributed by atoms with E-state index in [2.05, 4.69) is 15.9 Å². The quantitative estimate of drug-likeness (QED) is 0.472. The molecule has 0 aliphatic carbocycles. The first-order valence-electron chi connectivity index (χ1n) is 5.79. The molecule has 0 atom stereocenters. The predicted molar refractivity (Wildman–Crippen MR) is 75.2 cm³/mol. The third kappa shape index (κ3) is 3.69. The van der Waals surface area contributed by atoms with E-state index in [4.69, 9.17) is 0 Å². The van der Waals surface area contributed by atoms with Crippen molar-refractivity contribution in [2.45, 2.75) is 6.42 Å².